The number of hydrazine groups is 1. The monoisotopic (exact) mass is 265 g/mol. The Hall–Kier alpha value is -1.17. The Morgan fingerprint density at radius 1 is 1.28 bits per heavy atom. The minimum absolute atomic E-state index is 0.201. The van der Waals surface area contributed by atoms with Gasteiger partial charge in [0.1, 0.15) is 0 Å². The fourth-order valence-corrected chi connectivity index (χ4v) is 2.18. The van der Waals surface area contributed by atoms with E-state index in [-0.39, 0.29) is 6.04 Å². The van der Waals surface area contributed by atoms with Crippen molar-refractivity contribution in [1.82, 2.24) is 15.8 Å². The van der Waals surface area contributed by atoms with Crippen LogP contribution < -0.4 is 10.7 Å². The van der Waals surface area contributed by atoms with E-state index in [2.05, 4.69) is 34.8 Å². The van der Waals surface area contributed by atoms with E-state index in [0.717, 1.165) is 26.3 Å². The highest BCUT2D eigenvalue weighted by molar-refractivity contribution is 7.80. The molecule has 1 saturated heterocycles. The molecule has 1 aliphatic rings. The molecule has 0 spiro atoms. The van der Waals surface area contributed by atoms with Crippen molar-refractivity contribution in [2.75, 3.05) is 26.3 Å². The molecule has 98 valence electrons. The zero-order valence-corrected chi connectivity index (χ0v) is 11.4. The smallest absolute Gasteiger partial charge is 0.181 e. The Morgan fingerprint density at radius 2 is 1.94 bits per heavy atom. The second-order valence-corrected chi connectivity index (χ2v) is 4.73. The Bertz CT molecular complexity index is 379. The van der Waals surface area contributed by atoms with Gasteiger partial charge in [-0.15, -0.1) is 0 Å². The van der Waals surface area contributed by atoms with Crippen LogP contribution in [0.3, 0.4) is 0 Å². The quantitative estimate of drug-likeness (QED) is 0.809. The second kappa shape index (κ2) is 6.68. The van der Waals surface area contributed by atoms with Crippen LogP contribution in [-0.2, 0) is 4.74 Å². The summed E-state index contributed by atoms with van der Waals surface area (Å²) >= 11 is 5.31. The lowest BCUT2D eigenvalue weighted by Crippen LogP contribution is -2.51. The minimum atomic E-state index is 0.201. The SMILES string of the molecule is C[C@@H](NC(=S)NN1CCOCC1)c1ccccc1. The number of nitrogens with zero attached hydrogens (tertiary/aromatic N) is 1. The summed E-state index contributed by atoms with van der Waals surface area (Å²) in [5.41, 5.74) is 4.42. The van der Waals surface area contributed by atoms with Crippen molar-refractivity contribution >= 4 is 17.3 Å². The van der Waals surface area contributed by atoms with Gasteiger partial charge in [0.25, 0.3) is 0 Å². The van der Waals surface area contributed by atoms with E-state index in [0.29, 0.717) is 5.11 Å². The van der Waals surface area contributed by atoms with E-state index in [1.165, 1.54) is 5.56 Å². The molecular formula is C13H19N3OS. The molecule has 1 aromatic carbocycles. The number of ether oxygens (including phenoxy) is 1. The first kappa shape index (κ1) is 13.3. The van der Waals surface area contributed by atoms with Crippen molar-refractivity contribution in [3.63, 3.8) is 0 Å². The summed E-state index contributed by atoms with van der Waals surface area (Å²) in [4.78, 5) is 0. The summed E-state index contributed by atoms with van der Waals surface area (Å²) in [6.45, 7) is 5.33. The first-order valence-corrected chi connectivity index (χ1v) is 6.61. The number of rotatable bonds is 3. The van der Waals surface area contributed by atoms with Gasteiger partial charge in [0.15, 0.2) is 5.11 Å². The first-order valence-electron chi connectivity index (χ1n) is 6.20. The summed E-state index contributed by atoms with van der Waals surface area (Å²) in [7, 11) is 0. The van der Waals surface area contributed by atoms with Crippen molar-refractivity contribution in [1.29, 1.82) is 0 Å². The molecule has 0 bridgehead atoms. The van der Waals surface area contributed by atoms with Gasteiger partial charge >= 0.3 is 0 Å². The topological polar surface area (TPSA) is 36.5 Å². The average Bonchev–Trinajstić information content (AvgIpc) is 2.40. The molecule has 0 aromatic heterocycles. The van der Waals surface area contributed by atoms with Crippen LogP contribution in [0.2, 0.25) is 0 Å². The number of morpholine rings is 1. The Morgan fingerprint density at radius 3 is 2.61 bits per heavy atom. The van der Waals surface area contributed by atoms with Crippen molar-refractivity contribution in [3.8, 4) is 0 Å². The van der Waals surface area contributed by atoms with Crippen molar-refractivity contribution in [2.24, 2.45) is 0 Å². The molecule has 1 fully saturated rings. The molecule has 0 saturated carbocycles. The first-order chi connectivity index (χ1) is 8.75. The molecule has 0 amide bonds. The van der Waals surface area contributed by atoms with Crippen LogP contribution in [0.5, 0.6) is 0 Å². The van der Waals surface area contributed by atoms with Gasteiger partial charge in [0.05, 0.1) is 19.3 Å². The lowest BCUT2D eigenvalue weighted by Gasteiger charge is -2.29. The van der Waals surface area contributed by atoms with Gasteiger partial charge < -0.3 is 10.1 Å². The van der Waals surface area contributed by atoms with E-state index in [9.17, 15) is 0 Å². The number of nitrogens with one attached hydrogen (secondary N) is 2. The van der Waals surface area contributed by atoms with Crippen LogP contribution >= 0.6 is 12.2 Å². The molecule has 2 rings (SSSR count). The molecule has 2 N–H and O–H groups in total. The molecule has 1 aliphatic heterocycles. The van der Waals surface area contributed by atoms with Crippen LogP contribution in [-0.4, -0.2) is 36.4 Å². The lowest BCUT2D eigenvalue weighted by atomic mass is 10.1. The number of thiocarbonyl (C=S) groups is 1. The third kappa shape index (κ3) is 3.94. The van der Waals surface area contributed by atoms with E-state index < -0.39 is 0 Å². The van der Waals surface area contributed by atoms with Crippen LogP contribution in [0.25, 0.3) is 0 Å². The molecule has 18 heavy (non-hydrogen) atoms. The summed E-state index contributed by atoms with van der Waals surface area (Å²) in [6.07, 6.45) is 0. The lowest BCUT2D eigenvalue weighted by molar-refractivity contribution is 0.0246. The standard InChI is InChI=1S/C13H19N3OS/c1-11(12-5-3-2-4-6-12)14-13(18)15-16-7-9-17-10-8-16/h2-6,11H,7-10H2,1H3,(H2,14,15,18)/t11-/m1/s1. The highest BCUT2D eigenvalue weighted by atomic mass is 32.1. The fraction of sp³-hybridized carbons (Fsp3) is 0.462. The number of hydrogen-bond donors (Lipinski definition) is 2. The fourth-order valence-electron chi connectivity index (χ4n) is 1.87. The summed E-state index contributed by atoms with van der Waals surface area (Å²) in [5, 5.41) is 6.02. The Labute approximate surface area is 113 Å². The van der Waals surface area contributed by atoms with Crippen molar-refractivity contribution in [2.45, 2.75) is 13.0 Å². The Kier molecular flexibility index (Phi) is 4.92. The summed E-state index contributed by atoms with van der Waals surface area (Å²) in [6, 6.07) is 10.5. The number of benzene rings is 1. The van der Waals surface area contributed by atoms with Gasteiger partial charge in [-0.05, 0) is 24.7 Å². The van der Waals surface area contributed by atoms with Crippen LogP contribution in [0.1, 0.15) is 18.5 Å². The van der Waals surface area contributed by atoms with Gasteiger partial charge in [-0.3, -0.25) is 5.43 Å². The Balaban J connectivity index is 1.80. The molecule has 5 heteroatoms. The normalized spacial score (nSPS) is 18.1. The highest BCUT2D eigenvalue weighted by Gasteiger charge is 2.12. The van der Waals surface area contributed by atoms with Crippen LogP contribution in [0.4, 0.5) is 0 Å². The summed E-state index contributed by atoms with van der Waals surface area (Å²) < 4.78 is 5.29. The van der Waals surface area contributed by atoms with Crippen molar-refractivity contribution < 1.29 is 4.74 Å². The highest BCUT2D eigenvalue weighted by Crippen LogP contribution is 2.10. The van der Waals surface area contributed by atoms with Crippen LogP contribution in [0, 0.1) is 0 Å². The maximum Gasteiger partial charge on any atom is 0.181 e. The molecule has 1 heterocycles. The van der Waals surface area contributed by atoms with Gasteiger partial charge in [0, 0.05) is 13.1 Å². The van der Waals surface area contributed by atoms with Crippen molar-refractivity contribution in [3.05, 3.63) is 35.9 Å². The molecule has 0 radical (unpaired) electrons. The predicted molar refractivity (Wildman–Crippen MR) is 76.1 cm³/mol. The third-order valence-corrected chi connectivity index (χ3v) is 3.13. The maximum atomic E-state index is 5.31. The van der Waals surface area contributed by atoms with E-state index in [1.807, 2.05) is 18.2 Å². The minimum Gasteiger partial charge on any atom is -0.379 e. The molecular weight excluding hydrogens is 246 g/mol. The predicted octanol–water partition coefficient (Wildman–Crippen LogP) is 1.46. The molecule has 1 atom stereocenters. The van der Waals surface area contributed by atoms with E-state index >= 15 is 0 Å². The second-order valence-electron chi connectivity index (χ2n) is 4.32. The van der Waals surface area contributed by atoms with Gasteiger partial charge in [0.2, 0.25) is 0 Å². The molecule has 4 nitrogen and oxygen atoms in total. The summed E-state index contributed by atoms with van der Waals surface area (Å²) in [5.74, 6) is 0. The van der Waals surface area contributed by atoms with E-state index in [1.54, 1.807) is 0 Å². The zero-order valence-electron chi connectivity index (χ0n) is 10.6. The molecule has 1 aromatic rings. The molecule has 0 unspecified atom stereocenters. The van der Waals surface area contributed by atoms with Gasteiger partial charge in [-0.1, -0.05) is 30.3 Å². The molecule has 0 aliphatic carbocycles. The third-order valence-electron chi connectivity index (χ3n) is 2.92. The van der Waals surface area contributed by atoms with Crippen LogP contribution in [0.15, 0.2) is 30.3 Å². The zero-order chi connectivity index (χ0) is 12.8. The maximum absolute atomic E-state index is 5.31. The largest absolute Gasteiger partial charge is 0.379 e. The van der Waals surface area contributed by atoms with Gasteiger partial charge in [-0.25, -0.2) is 5.01 Å². The van der Waals surface area contributed by atoms with E-state index in [4.69, 9.17) is 17.0 Å². The average molecular weight is 265 g/mol. The number of hydrogen-bond acceptors (Lipinski definition) is 3. The van der Waals surface area contributed by atoms with Gasteiger partial charge in [-0.2, -0.15) is 0 Å².